The molecule has 32 valence electrons. The van der Waals surface area contributed by atoms with Crippen molar-refractivity contribution in [1.82, 2.24) is 0 Å². The molecule has 0 aromatic heterocycles. The highest BCUT2D eigenvalue weighted by atomic mass is 35.5. The molecule has 3 heteroatoms. The lowest BCUT2D eigenvalue weighted by molar-refractivity contribution is 1.11. The number of hydrogen-bond donors (Lipinski definition) is 0. The average molecular weight is 109 g/mol. The maximum absolute atomic E-state index is 0. The van der Waals surface area contributed by atoms with Gasteiger partial charge >= 0.3 is 0 Å². The predicted molar refractivity (Wildman–Crippen MR) is 23.7 cm³/mol. The SMILES string of the molecule is C.Cl.Cl.F. The highest BCUT2D eigenvalue weighted by Gasteiger charge is -0.0775. The molecule has 0 rings (SSSR count). The fourth-order valence-corrected chi connectivity index (χ4v) is 0. The molecule has 0 amide bonds. The molecule has 0 spiro atoms. The standard InChI is InChI=1S/CH4.2ClH.FH/h1H4;3*1H. The average Bonchev–Trinajstić information content (AvgIpc) is 0. The minimum atomic E-state index is 0. The topological polar surface area (TPSA) is 0 Å². The Morgan fingerprint density at radius 1 is 0.750 bits per heavy atom. The van der Waals surface area contributed by atoms with Crippen LogP contribution in [0.25, 0.3) is 0 Å². The quantitative estimate of drug-likeness (QED) is 0.443. The first-order valence-electron chi connectivity index (χ1n) is 0. The molecule has 0 aliphatic carbocycles. The van der Waals surface area contributed by atoms with Crippen LogP contribution in [0, 0.1) is 0 Å². The molecule has 0 bridgehead atoms. The molecule has 0 N–H and O–H groups in total. The van der Waals surface area contributed by atoms with E-state index < -0.39 is 0 Å². The van der Waals surface area contributed by atoms with Gasteiger partial charge in [0.25, 0.3) is 0 Å². The van der Waals surface area contributed by atoms with E-state index in [9.17, 15) is 0 Å². The van der Waals surface area contributed by atoms with Crippen LogP contribution < -0.4 is 0 Å². The maximum atomic E-state index is 0. The van der Waals surface area contributed by atoms with Crippen LogP contribution in [0.4, 0.5) is 4.70 Å². The second-order valence-electron chi connectivity index (χ2n) is 0. The van der Waals surface area contributed by atoms with Gasteiger partial charge in [-0.25, -0.2) is 0 Å². The minimum Gasteiger partial charge on any atom is -0.269 e. The van der Waals surface area contributed by atoms with Crippen molar-refractivity contribution in [2.24, 2.45) is 0 Å². The zero-order chi connectivity index (χ0) is 0. The van der Waals surface area contributed by atoms with Crippen molar-refractivity contribution < 1.29 is 4.70 Å². The van der Waals surface area contributed by atoms with Crippen LogP contribution in [-0.4, -0.2) is 0 Å². The molecular weight excluding hydrogens is 102 g/mol. The molecule has 0 unspecified atom stereocenters. The Balaban J connectivity index is 0. The van der Waals surface area contributed by atoms with Crippen LogP contribution >= 0.6 is 24.8 Å². The predicted octanol–water partition coefficient (Wildman–Crippen LogP) is 1.63. The van der Waals surface area contributed by atoms with Crippen molar-refractivity contribution in [3.8, 4) is 0 Å². The Hall–Kier alpha value is 0.510. The van der Waals surface area contributed by atoms with Crippen LogP contribution in [0.1, 0.15) is 7.43 Å². The molecule has 0 heterocycles. The summed E-state index contributed by atoms with van der Waals surface area (Å²) in [7, 11) is 0. The van der Waals surface area contributed by atoms with Crippen molar-refractivity contribution >= 4 is 24.8 Å². The summed E-state index contributed by atoms with van der Waals surface area (Å²) in [6.45, 7) is 0. The first-order valence-corrected chi connectivity index (χ1v) is 0. The smallest absolute Gasteiger partial charge is 0.0776 e. The molecule has 0 fully saturated rings. The summed E-state index contributed by atoms with van der Waals surface area (Å²) in [6, 6.07) is 0. The van der Waals surface area contributed by atoms with Gasteiger partial charge in [-0.2, -0.15) is 0 Å². The maximum Gasteiger partial charge on any atom is -0.0776 e. The molecule has 0 aromatic carbocycles. The van der Waals surface area contributed by atoms with Crippen molar-refractivity contribution in [3.63, 3.8) is 0 Å². The molecule has 4 heavy (non-hydrogen) atoms. The Morgan fingerprint density at radius 3 is 0.750 bits per heavy atom. The Bertz CT molecular complexity index is 6.00. The summed E-state index contributed by atoms with van der Waals surface area (Å²) in [4.78, 5) is 0. The van der Waals surface area contributed by atoms with Gasteiger partial charge in [0.05, 0.1) is 0 Å². The first kappa shape index (κ1) is 214. The molecule has 0 saturated heterocycles. The van der Waals surface area contributed by atoms with Gasteiger partial charge in [0.2, 0.25) is 0 Å². The highest BCUT2D eigenvalue weighted by Crippen LogP contribution is 0.691. The third kappa shape index (κ3) is 22.0. The van der Waals surface area contributed by atoms with E-state index in [0.717, 1.165) is 0 Å². The van der Waals surface area contributed by atoms with E-state index in [1.54, 1.807) is 0 Å². The van der Waals surface area contributed by atoms with E-state index in [0.29, 0.717) is 0 Å². The van der Waals surface area contributed by atoms with Gasteiger partial charge in [0, 0.05) is 0 Å². The van der Waals surface area contributed by atoms with Crippen LogP contribution in [0.3, 0.4) is 0 Å². The molecule has 0 saturated carbocycles. The lowest BCUT2D eigenvalue weighted by Gasteiger charge is -0.269. The van der Waals surface area contributed by atoms with E-state index in [1.165, 1.54) is 0 Å². The van der Waals surface area contributed by atoms with E-state index in [-0.39, 0.29) is 36.9 Å². The largest absolute Gasteiger partial charge is 0.269 e. The molecule has 0 atom stereocenters. The zero-order valence-electron chi connectivity index (χ0n) is 1.22. The van der Waals surface area contributed by atoms with Crippen molar-refractivity contribution in [3.05, 3.63) is 0 Å². The van der Waals surface area contributed by atoms with E-state index >= 15 is 0 Å². The zero-order valence-corrected chi connectivity index (χ0v) is 2.86. The van der Waals surface area contributed by atoms with Crippen molar-refractivity contribution in [2.45, 2.75) is 7.43 Å². The Labute approximate surface area is 37.8 Å². The summed E-state index contributed by atoms with van der Waals surface area (Å²) in [5.74, 6) is 0. The molecule has 0 radical (unpaired) electrons. The van der Waals surface area contributed by atoms with Crippen molar-refractivity contribution in [1.29, 1.82) is 0 Å². The fourth-order valence-electron chi connectivity index (χ4n) is 0. The summed E-state index contributed by atoms with van der Waals surface area (Å²) < 4.78 is 0. The van der Waals surface area contributed by atoms with Gasteiger partial charge in [-0.1, -0.05) is 7.43 Å². The molecule has 0 aliphatic heterocycles. The van der Waals surface area contributed by atoms with Crippen molar-refractivity contribution in [2.75, 3.05) is 0 Å². The van der Waals surface area contributed by atoms with Crippen LogP contribution in [0.2, 0.25) is 0 Å². The molecule has 0 nitrogen and oxygen atoms in total. The molecule has 0 aliphatic rings. The fraction of sp³-hybridized carbons (Fsp3) is 1.00. The minimum absolute atomic E-state index is 0. The summed E-state index contributed by atoms with van der Waals surface area (Å²) >= 11 is 0. The number of rotatable bonds is 0. The van der Waals surface area contributed by atoms with Crippen LogP contribution in [0.15, 0.2) is 0 Å². The molecular formula is CH7Cl2F. The van der Waals surface area contributed by atoms with Gasteiger partial charge in [-0.3, -0.25) is 4.70 Å². The second-order valence-corrected chi connectivity index (χ2v) is 0. The number of hydrogen-bond acceptors (Lipinski definition) is 0. The highest BCUT2D eigenvalue weighted by molar-refractivity contribution is 5.85. The Morgan fingerprint density at radius 2 is 0.750 bits per heavy atom. The van der Waals surface area contributed by atoms with Gasteiger partial charge in [-0.05, 0) is 0 Å². The van der Waals surface area contributed by atoms with Gasteiger partial charge in [-0.15, -0.1) is 24.8 Å². The van der Waals surface area contributed by atoms with Gasteiger partial charge in [0.15, 0.2) is 0 Å². The monoisotopic (exact) mass is 108 g/mol. The third-order valence-electron chi connectivity index (χ3n) is 0. The third-order valence-corrected chi connectivity index (χ3v) is 0. The summed E-state index contributed by atoms with van der Waals surface area (Å²) in [6.07, 6.45) is 0. The van der Waals surface area contributed by atoms with E-state index in [4.69, 9.17) is 0 Å². The second kappa shape index (κ2) is 85.0. The van der Waals surface area contributed by atoms with E-state index in [1.807, 2.05) is 0 Å². The summed E-state index contributed by atoms with van der Waals surface area (Å²) in [5, 5.41) is 0. The first-order chi connectivity index (χ1) is 0. The van der Waals surface area contributed by atoms with Crippen LogP contribution in [-0.2, 0) is 0 Å². The van der Waals surface area contributed by atoms with Gasteiger partial charge < -0.3 is 0 Å². The van der Waals surface area contributed by atoms with E-state index in [2.05, 4.69) is 0 Å². The Kier molecular flexibility index (Phi) is 4540. The van der Waals surface area contributed by atoms with Gasteiger partial charge in [0.1, 0.15) is 0 Å². The normalized spacial score (nSPS) is 0. The van der Waals surface area contributed by atoms with Crippen LogP contribution in [0.5, 0.6) is 0 Å². The molecule has 0 aromatic rings. The summed E-state index contributed by atoms with van der Waals surface area (Å²) in [5.41, 5.74) is 0. The lowest BCUT2D eigenvalue weighted by Crippen LogP contribution is 0.144. The number of halogens is 3. The lowest BCUT2D eigenvalue weighted by atomic mass is 12.0.